The number of halogens is 2. The highest BCUT2D eigenvalue weighted by molar-refractivity contribution is 6.35. The molecule has 1 aliphatic carbocycles. The predicted octanol–water partition coefficient (Wildman–Crippen LogP) is 4.01. The number of benzene rings is 1. The summed E-state index contributed by atoms with van der Waals surface area (Å²) in [5.74, 6) is 0.275. The van der Waals surface area contributed by atoms with Crippen LogP contribution in [0.1, 0.15) is 24.8 Å². The zero-order chi connectivity index (χ0) is 10.3. The topological polar surface area (TPSA) is 23.8 Å². The summed E-state index contributed by atoms with van der Waals surface area (Å²) in [4.78, 5) is 0. The highest BCUT2D eigenvalue weighted by atomic mass is 35.5. The van der Waals surface area contributed by atoms with E-state index in [1.165, 1.54) is 0 Å². The fourth-order valence-electron chi connectivity index (χ4n) is 1.73. The maximum Gasteiger partial charge on any atom is 0.0693 e. The van der Waals surface area contributed by atoms with Gasteiger partial charge in [-0.25, -0.2) is 0 Å². The summed E-state index contributed by atoms with van der Waals surface area (Å²) in [5.41, 5.74) is 0.817. The number of nitrogens with zero attached hydrogens (tertiary/aromatic N) is 1. The van der Waals surface area contributed by atoms with E-state index in [4.69, 9.17) is 28.5 Å². The molecule has 0 N–H and O–H groups in total. The molecule has 3 heteroatoms. The van der Waals surface area contributed by atoms with Gasteiger partial charge in [-0.1, -0.05) is 29.3 Å². The minimum Gasteiger partial charge on any atom is -0.198 e. The van der Waals surface area contributed by atoms with Crippen molar-refractivity contribution >= 4 is 23.2 Å². The molecule has 0 aromatic heterocycles. The first kappa shape index (κ1) is 9.83. The molecule has 0 radical (unpaired) electrons. The van der Waals surface area contributed by atoms with Gasteiger partial charge in [0.15, 0.2) is 0 Å². The fraction of sp³-hybridized carbons (Fsp3) is 0.364. The van der Waals surface area contributed by atoms with Gasteiger partial charge >= 0.3 is 0 Å². The third kappa shape index (κ3) is 1.49. The second-order valence-corrected chi connectivity index (χ2v) is 4.80. The summed E-state index contributed by atoms with van der Waals surface area (Å²) in [6.45, 7) is 1.96. The molecule has 1 aromatic carbocycles. The van der Waals surface area contributed by atoms with Gasteiger partial charge in [0.1, 0.15) is 0 Å². The number of hydrogen-bond acceptors (Lipinski definition) is 1. The number of rotatable bonds is 1. The van der Waals surface area contributed by atoms with E-state index in [0.717, 1.165) is 12.0 Å². The maximum absolute atomic E-state index is 8.92. The molecule has 0 heterocycles. The van der Waals surface area contributed by atoms with Gasteiger partial charge in [-0.3, -0.25) is 0 Å². The van der Waals surface area contributed by atoms with E-state index in [0.29, 0.717) is 10.0 Å². The van der Waals surface area contributed by atoms with Crippen LogP contribution in [0.4, 0.5) is 0 Å². The largest absolute Gasteiger partial charge is 0.198 e. The smallest absolute Gasteiger partial charge is 0.0693 e. The molecule has 2 rings (SSSR count). The quantitative estimate of drug-likeness (QED) is 0.709. The zero-order valence-corrected chi connectivity index (χ0v) is 9.23. The van der Waals surface area contributed by atoms with Crippen molar-refractivity contribution in [3.63, 3.8) is 0 Å². The van der Waals surface area contributed by atoms with Crippen LogP contribution in [-0.4, -0.2) is 0 Å². The highest BCUT2D eigenvalue weighted by Crippen LogP contribution is 2.59. The fourth-order valence-corrected chi connectivity index (χ4v) is 2.27. The van der Waals surface area contributed by atoms with Crippen LogP contribution in [-0.2, 0) is 0 Å². The van der Waals surface area contributed by atoms with Crippen LogP contribution < -0.4 is 0 Å². The molecule has 1 aromatic rings. The monoisotopic (exact) mass is 225 g/mol. The van der Waals surface area contributed by atoms with Crippen LogP contribution in [0.25, 0.3) is 0 Å². The summed E-state index contributed by atoms with van der Waals surface area (Å²) < 4.78 is 0. The summed E-state index contributed by atoms with van der Waals surface area (Å²) in [5, 5.41) is 10.2. The van der Waals surface area contributed by atoms with Crippen LogP contribution in [0.5, 0.6) is 0 Å². The normalized spacial score (nSPS) is 29.7. The minimum absolute atomic E-state index is 0.225. The van der Waals surface area contributed by atoms with E-state index in [1.54, 1.807) is 6.07 Å². The van der Waals surface area contributed by atoms with Gasteiger partial charge in [-0.05, 0) is 31.0 Å². The van der Waals surface area contributed by atoms with E-state index < -0.39 is 0 Å². The van der Waals surface area contributed by atoms with Crippen LogP contribution in [0.15, 0.2) is 18.2 Å². The van der Waals surface area contributed by atoms with Crippen molar-refractivity contribution in [1.29, 1.82) is 5.26 Å². The summed E-state index contributed by atoms with van der Waals surface area (Å²) >= 11 is 11.9. The van der Waals surface area contributed by atoms with Gasteiger partial charge in [0, 0.05) is 16.0 Å². The molecule has 2 unspecified atom stereocenters. The van der Waals surface area contributed by atoms with Gasteiger partial charge in [0.2, 0.25) is 0 Å². The van der Waals surface area contributed by atoms with Crippen molar-refractivity contribution in [2.24, 2.45) is 5.41 Å². The lowest BCUT2D eigenvalue weighted by atomic mass is 10.0. The first-order chi connectivity index (χ1) is 6.57. The van der Waals surface area contributed by atoms with Gasteiger partial charge in [-0.15, -0.1) is 0 Å². The molecule has 1 nitrogen and oxygen atoms in total. The Morgan fingerprint density at radius 2 is 2.21 bits per heavy atom. The van der Waals surface area contributed by atoms with Crippen molar-refractivity contribution < 1.29 is 0 Å². The molecule has 0 spiro atoms. The average molecular weight is 226 g/mol. The SMILES string of the molecule is CC1(C#N)CC1c1ccc(Cl)cc1Cl. The van der Waals surface area contributed by atoms with Crippen molar-refractivity contribution in [1.82, 2.24) is 0 Å². The first-order valence-corrected chi connectivity index (χ1v) is 5.18. The Morgan fingerprint density at radius 1 is 1.50 bits per heavy atom. The van der Waals surface area contributed by atoms with Crippen molar-refractivity contribution in [2.45, 2.75) is 19.3 Å². The van der Waals surface area contributed by atoms with E-state index in [1.807, 2.05) is 19.1 Å². The van der Waals surface area contributed by atoms with E-state index in [9.17, 15) is 0 Å². The molecule has 0 bridgehead atoms. The molecule has 0 aliphatic heterocycles. The summed E-state index contributed by atoms with van der Waals surface area (Å²) in [6.07, 6.45) is 0.894. The molecular formula is C11H9Cl2N. The zero-order valence-electron chi connectivity index (χ0n) is 7.72. The molecule has 1 saturated carbocycles. The lowest BCUT2D eigenvalue weighted by Crippen LogP contribution is -1.93. The first-order valence-electron chi connectivity index (χ1n) is 4.43. The lowest BCUT2D eigenvalue weighted by Gasteiger charge is -2.04. The molecule has 72 valence electrons. The molecule has 1 fully saturated rings. The molecule has 14 heavy (non-hydrogen) atoms. The molecular weight excluding hydrogens is 217 g/mol. The summed E-state index contributed by atoms with van der Waals surface area (Å²) in [7, 11) is 0. The second-order valence-electron chi connectivity index (χ2n) is 3.95. The van der Waals surface area contributed by atoms with Crippen LogP contribution in [0.3, 0.4) is 0 Å². The van der Waals surface area contributed by atoms with E-state index in [-0.39, 0.29) is 11.3 Å². The third-order valence-corrected chi connectivity index (χ3v) is 3.39. The number of hydrogen-bond donors (Lipinski definition) is 0. The second kappa shape index (κ2) is 3.15. The standard InChI is InChI=1S/C11H9Cl2N/c1-11(6-14)5-9(11)8-3-2-7(12)4-10(8)13/h2-4,9H,5H2,1H3. The molecule has 0 saturated heterocycles. The van der Waals surface area contributed by atoms with Gasteiger partial charge in [-0.2, -0.15) is 5.26 Å². The molecule has 1 aliphatic rings. The summed E-state index contributed by atoms with van der Waals surface area (Å²) in [6, 6.07) is 7.78. The highest BCUT2D eigenvalue weighted by Gasteiger charge is 2.52. The Balaban J connectivity index is 2.33. The molecule has 2 atom stereocenters. The van der Waals surface area contributed by atoms with Gasteiger partial charge in [0.05, 0.1) is 11.5 Å². The Labute approximate surface area is 93.2 Å². The lowest BCUT2D eigenvalue weighted by molar-refractivity contribution is 0.727. The minimum atomic E-state index is -0.225. The van der Waals surface area contributed by atoms with Crippen molar-refractivity contribution in [3.05, 3.63) is 33.8 Å². The Kier molecular flexibility index (Phi) is 2.21. The van der Waals surface area contributed by atoms with Crippen molar-refractivity contribution in [2.75, 3.05) is 0 Å². The third-order valence-electron chi connectivity index (χ3n) is 2.83. The van der Waals surface area contributed by atoms with Crippen LogP contribution in [0, 0.1) is 16.7 Å². The van der Waals surface area contributed by atoms with E-state index >= 15 is 0 Å². The van der Waals surface area contributed by atoms with Crippen molar-refractivity contribution in [3.8, 4) is 6.07 Å². The Hall–Kier alpha value is -0.710. The predicted molar refractivity (Wildman–Crippen MR) is 57.5 cm³/mol. The molecule has 0 amide bonds. The van der Waals surface area contributed by atoms with Crippen LogP contribution >= 0.6 is 23.2 Å². The maximum atomic E-state index is 8.92. The average Bonchev–Trinajstić information content (AvgIpc) is 2.79. The Morgan fingerprint density at radius 3 is 2.71 bits per heavy atom. The van der Waals surface area contributed by atoms with Gasteiger partial charge < -0.3 is 0 Å². The van der Waals surface area contributed by atoms with E-state index in [2.05, 4.69) is 6.07 Å². The van der Waals surface area contributed by atoms with Gasteiger partial charge in [0.25, 0.3) is 0 Å². The number of nitriles is 1. The van der Waals surface area contributed by atoms with Crippen LogP contribution in [0.2, 0.25) is 10.0 Å². The Bertz CT molecular complexity index is 422.